The number of amides is 1. The Morgan fingerprint density at radius 2 is 2.05 bits per heavy atom. The average Bonchev–Trinajstić information content (AvgIpc) is 2.40. The molecule has 0 aliphatic heterocycles. The number of hydrogen-bond donors (Lipinski definition) is 2. The van der Waals surface area contributed by atoms with Crippen LogP contribution in [0.2, 0.25) is 0 Å². The zero-order valence-corrected chi connectivity index (χ0v) is 13.2. The van der Waals surface area contributed by atoms with Crippen LogP contribution < -0.4 is 10.1 Å². The Balaban J connectivity index is 1.70. The summed E-state index contributed by atoms with van der Waals surface area (Å²) >= 11 is 3.38. The van der Waals surface area contributed by atoms with E-state index in [1.165, 1.54) is 0 Å². The lowest BCUT2D eigenvalue weighted by Gasteiger charge is -2.38. The number of carbonyl (C=O) groups is 2. The molecule has 0 aromatic heterocycles. The van der Waals surface area contributed by atoms with Gasteiger partial charge in [0.1, 0.15) is 11.3 Å². The third-order valence-electron chi connectivity index (χ3n) is 3.64. The highest BCUT2D eigenvalue weighted by molar-refractivity contribution is 9.10. The van der Waals surface area contributed by atoms with E-state index in [0.29, 0.717) is 25.9 Å². The molecule has 0 unspecified atom stereocenters. The van der Waals surface area contributed by atoms with Gasteiger partial charge >= 0.3 is 5.97 Å². The molecule has 1 fully saturated rings. The summed E-state index contributed by atoms with van der Waals surface area (Å²) in [5.74, 6) is -0.432. The second-order valence-electron chi connectivity index (χ2n) is 5.17. The number of carbonyl (C=O) groups excluding carboxylic acids is 1. The largest absolute Gasteiger partial charge is 0.492 e. The third kappa shape index (κ3) is 3.97. The molecule has 0 heterocycles. The summed E-state index contributed by atoms with van der Waals surface area (Å²) in [5, 5.41) is 11.8. The van der Waals surface area contributed by atoms with Gasteiger partial charge in [-0.3, -0.25) is 4.79 Å². The van der Waals surface area contributed by atoms with Crippen molar-refractivity contribution in [2.24, 2.45) is 0 Å². The van der Waals surface area contributed by atoms with Gasteiger partial charge in [-0.1, -0.05) is 12.1 Å². The van der Waals surface area contributed by atoms with Gasteiger partial charge in [-0.15, -0.1) is 0 Å². The van der Waals surface area contributed by atoms with Crippen LogP contribution in [-0.4, -0.2) is 29.1 Å². The first-order valence-electron chi connectivity index (χ1n) is 6.95. The minimum atomic E-state index is -1.03. The molecule has 0 bridgehead atoms. The van der Waals surface area contributed by atoms with E-state index < -0.39 is 11.5 Å². The molecule has 0 spiro atoms. The maximum absolute atomic E-state index is 11.8. The molecule has 1 aromatic carbocycles. The standard InChI is InChI=1S/C15H18BrNO4/c16-11-5-1-2-6-12(11)21-10-3-7-13(18)17-15(14(19)20)8-4-9-15/h1-2,5-6H,3-4,7-10H2,(H,17,18)(H,19,20). The predicted molar refractivity (Wildman–Crippen MR) is 81.2 cm³/mol. The zero-order valence-electron chi connectivity index (χ0n) is 11.6. The highest BCUT2D eigenvalue weighted by Gasteiger charge is 2.45. The van der Waals surface area contributed by atoms with E-state index in [1.54, 1.807) is 0 Å². The fourth-order valence-electron chi connectivity index (χ4n) is 2.23. The normalized spacial score (nSPS) is 15.9. The van der Waals surface area contributed by atoms with E-state index in [4.69, 9.17) is 9.84 Å². The van der Waals surface area contributed by atoms with Crippen molar-refractivity contribution in [1.29, 1.82) is 0 Å². The Bertz CT molecular complexity index is 528. The van der Waals surface area contributed by atoms with E-state index in [2.05, 4.69) is 21.2 Å². The SMILES string of the molecule is O=C(CCCOc1ccccc1Br)NC1(C(=O)O)CCC1. The number of aliphatic carboxylic acids is 1. The molecule has 6 heteroatoms. The van der Waals surface area contributed by atoms with Crippen molar-refractivity contribution >= 4 is 27.8 Å². The Kier molecular flexibility index (Phi) is 5.22. The summed E-state index contributed by atoms with van der Waals surface area (Å²) in [5.41, 5.74) is -1.03. The Labute approximate surface area is 131 Å². The minimum Gasteiger partial charge on any atom is -0.492 e. The molecule has 1 saturated carbocycles. The Morgan fingerprint density at radius 1 is 1.33 bits per heavy atom. The number of rotatable bonds is 7. The minimum absolute atomic E-state index is 0.229. The van der Waals surface area contributed by atoms with Gasteiger partial charge in [-0.25, -0.2) is 4.79 Å². The van der Waals surface area contributed by atoms with Crippen molar-refractivity contribution in [2.45, 2.75) is 37.6 Å². The van der Waals surface area contributed by atoms with Crippen molar-refractivity contribution in [3.05, 3.63) is 28.7 Å². The van der Waals surface area contributed by atoms with Gasteiger partial charge in [0.15, 0.2) is 0 Å². The maximum Gasteiger partial charge on any atom is 0.329 e. The van der Waals surface area contributed by atoms with Gasteiger partial charge in [0, 0.05) is 6.42 Å². The van der Waals surface area contributed by atoms with Crippen molar-refractivity contribution < 1.29 is 19.4 Å². The van der Waals surface area contributed by atoms with Crippen LogP contribution in [0.15, 0.2) is 28.7 Å². The summed E-state index contributed by atoms with van der Waals surface area (Å²) in [6.45, 7) is 0.413. The molecule has 1 amide bonds. The van der Waals surface area contributed by atoms with Crippen molar-refractivity contribution in [3.8, 4) is 5.75 Å². The Hall–Kier alpha value is -1.56. The molecule has 5 nitrogen and oxygen atoms in total. The topological polar surface area (TPSA) is 75.6 Å². The van der Waals surface area contributed by atoms with Gasteiger partial charge in [-0.2, -0.15) is 0 Å². The number of nitrogens with one attached hydrogen (secondary N) is 1. The van der Waals surface area contributed by atoms with E-state index >= 15 is 0 Å². The number of halogens is 1. The molecule has 0 atom stereocenters. The van der Waals surface area contributed by atoms with E-state index in [0.717, 1.165) is 16.6 Å². The molecule has 2 rings (SSSR count). The first kappa shape index (κ1) is 15.8. The van der Waals surface area contributed by atoms with Gasteiger partial charge < -0.3 is 15.2 Å². The molecular formula is C15H18BrNO4. The lowest BCUT2D eigenvalue weighted by Crippen LogP contribution is -2.59. The van der Waals surface area contributed by atoms with Crippen LogP contribution in [0.1, 0.15) is 32.1 Å². The second-order valence-corrected chi connectivity index (χ2v) is 6.03. The first-order valence-corrected chi connectivity index (χ1v) is 7.74. The van der Waals surface area contributed by atoms with Crippen LogP contribution in [-0.2, 0) is 9.59 Å². The van der Waals surface area contributed by atoms with Crippen LogP contribution in [0.25, 0.3) is 0 Å². The van der Waals surface area contributed by atoms with E-state index in [1.807, 2.05) is 24.3 Å². The number of benzene rings is 1. The molecule has 1 aliphatic rings. The molecule has 2 N–H and O–H groups in total. The highest BCUT2D eigenvalue weighted by atomic mass is 79.9. The van der Waals surface area contributed by atoms with Crippen molar-refractivity contribution in [3.63, 3.8) is 0 Å². The van der Waals surface area contributed by atoms with Crippen LogP contribution in [0.3, 0.4) is 0 Å². The molecule has 0 saturated heterocycles. The summed E-state index contributed by atoms with van der Waals surface area (Å²) in [4.78, 5) is 22.9. The lowest BCUT2D eigenvalue weighted by molar-refractivity contribution is -0.151. The summed E-state index contributed by atoms with van der Waals surface area (Å²) in [7, 11) is 0. The summed E-state index contributed by atoms with van der Waals surface area (Å²) in [6, 6.07) is 7.50. The lowest BCUT2D eigenvalue weighted by atomic mass is 9.76. The van der Waals surface area contributed by atoms with Crippen molar-refractivity contribution in [1.82, 2.24) is 5.32 Å². The molecule has 1 aromatic rings. The molecule has 21 heavy (non-hydrogen) atoms. The third-order valence-corrected chi connectivity index (χ3v) is 4.29. The average molecular weight is 356 g/mol. The number of para-hydroxylation sites is 1. The van der Waals surface area contributed by atoms with E-state index in [9.17, 15) is 9.59 Å². The van der Waals surface area contributed by atoms with Crippen LogP contribution in [0, 0.1) is 0 Å². The predicted octanol–water partition coefficient (Wildman–Crippen LogP) is 2.73. The highest BCUT2D eigenvalue weighted by Crippen LogP contribution is 2.32. The fourth-order valence-corrected chi connectivity index (χ4v) is 2.63. The first-order chi connectivity index (χ1) is 10.0. The smallest absolute Gasteiger partial charge is 0.329 e. The quantitative estimate of drug-likeness (QED) is 0.737. The number of carboxylic acid groups (broad SMARTS) is 1. The van der Waals surface area contributed by atoms with Crippen LogP contribution in [0.5, 0.6) is 5.75 Å². The van der Waals surface area contributed by atoms with Gasteiger partial charge in [0.25, 0.3) is 0 Å². The molecule has 1 aliphatic carbocycles. The second kappa shape index (κ2) is 6.93. The Morgan fingerprint density at radius 3 is 2.62 bits per heavy atom. The van der Waals surface area contributed by atoms with Gasteiger partial charge in [0.05, 0.1) is 11.1 Å². The maximum atomic E-state index is 11.8. The molecule has 0 radical (unpaired) electrons. The van der Waals surface area contributed by atoms with Crippen molar-refractivity contribution in [2.75, 3.05) is 6.61 Å². The molecular weight excluding hydrogens is 338 g/mol. The zero-order chi connectivity index (χ0) is 15.3. The monoisotopic (exact) mass is 355 g/mol. The number of hydrogen-bond acceptors (Lipinski definition) is 3. The van der Waals surface area contributed by atoms with Gasteiger partial charge in [-0.05, 0) is 53.7 Å². The van der Waals surface area contributed by atoms with E-state index in [-0.39, 0.29) is 12.3 Å². The summed E-state index contributed by atoms with van der Waals surface area (Å²) < 4.78 is 6.43. The molecule has 114 valence electrons. The van der Waals surface area contributed by atoms with Crippen LogP contribution in [0.4, 0.5) is 0 Å². The fraction of sp³-hybridized carbons (Fsp3) is 0.467. The summed E-state index contributed by atoms with van der Waals surface area (Å²) in [6.07, 6.45) is 2.68. The number of ether oxygens (including phenoxy) is 1. The van der Waals surface area contributed by atoms with Crippen LogP contribution >= 0.6 is 15.9 Å². The van der Waals surface area contributed by atoms with Gasteiger partial charge in [0.2, 0.25) is 5.91 Å². The number of carboxylic acids is 1.